The van der Waals surface area contributed by atoms with Gasteiger partial charge in [0.05, 0.1) is 5.56 Å². The Labute approximate surface area is 156 Å². The molecule has 3 N–H and O–H groups in total. The average molecular weight is 380 g/mol. The molecule has 0 radical (unpaired) electrons. The van der Waals surface area contributed by atoms with Gasteiger partial charge in [-0.3, -0.25) is 0 Å². The fourth-order valence-corrected chi connectivity index (χ4v) is 3.23. The molecule has 2 heterocycles. The molecule has 0 aliphatic carbocycles. The standard InChI is InChI=1S/C18H23F3N6/c1-26-8-6-14(7-9-26)27(2)17-15(22)16(23-11-24-17)25-13-5-3-4-12(10-13)18(19,20)21/h3-5,10-11,14H,6-9,22H2,1-2H3,(H,23,24,25). The zero-order valence-corrected chi connectivity index (χ0v) is 15.3. The van der Waals surface area contributed by atoms with Gasteiger partial charge in [0.2, 0.25) is 0 Å². The van der Waals surface area contributed by atoms with Gasteiger partial charge in [0.1, 0.15) is 12.0 Å². The van der Waals surface area contributed by atoms with Crippen molar-refractivity contribution >= 4 is 23.0 Å². The Morgan fingerprint density at radius 1 is 1.22 bits per heavy atom. The van der Waals surface area contributed by atoms with Crippen LogP contribution in [-0.2, 0) is 6.18 Å². The Kier molecular flexibility index (Phi) is 5.41. The van der Waals surface area contributed by atoms with Crippen LogP contribution in [0.1, 0.15) is 18.4 Å². The van der Waals surface area contributed by atoms with Crippen LogP contribution in [0.2, 0.25) is 0 Å². The van der Waals surface area contributed by atoms with E-state index in [0.717, 1.165) is 38.1 Å². The Morgan fingerprint density at radius 2 is 1.93 bits per heavy atom. The van der Waals surface area contributed by atoms with Crippen molar-refractivity contribution in [1.82, 2.24) is 14.9 Å². The number of nitrogen functional groups attached to an aromatic ring is 1. The predicted molar refractivity (Wildman–Crippen MR) is 100 cm³/mol. The van der Waals surface area contributed by atoms with E-state index in [2.05, 4.69) is 27.2 Å². The van der Waals surface area contributed by atoms with Gasteiger partial charge in [0.25, 0.3) is 0 Å². The van der Waals surface area contributed by atoms with Gasteiger partial charge in [0.15, 0.2) is 11.6 Å². The lowest BCUT2D eigenvalue weighted by molar-refractivity contribution is -0.137. The molecule has 1 saturated heterocycles. The highest BCUT2D eigenvalue weighted by molar-refractivity contribution is 5.78. The fraction of sp³-hybridized carbons (Fsp3) is 0.444. The molecule has 1 fully saturated rings. The summed E-state index contributed by atoms with van der Waals surface area (Å²) in [5.41, 5.74) is 6.08. The van der Waals surface area contributed by atoms with Crippen molar-refractivity contribution in [2.45, 2.75) is 25.1 Å². The molecule has 1 aliphatic heterocycles. The van der Waals surface area contributed by atoms with Crippen LogP contribution >= 0.6 is 0 Å². The number of likely N-dealkylation sites (tertiary alicyclic amines) is 1. The Morgan fingerprint density at radius 3 is 2.59 bits per heavy atom. The van der Waals surface area contributed by atoms with Crippen LogP contribution in [0.15, 0.2) is 30.6 Å². The molecule has 0 bridgehead atoms. The first-order valence-electron chi connectivity index (χ1n) is 8.72. The SMILES string of the molecule is CN1CCC(N(C)c2ncnc(Nc3cccc(C(F)(F)F)c3)c2N)CC1. The number of aromatic nitrogens is 2. The number of nitrogens with two attached hydrogens (primary N) is 1. The van der Waals surface area contributed by atoms with E-state index < -0.39 is 11.7 Å². The Hall–Kier alpha value is -2.55. The minimum atomic E-state index is -4.41. The van der Waals surface area contributed by atoms with E-state index in [9.17, 15) is 13.2 Å². The number of halogens is 3. The minimum Gasteiger partial charge on any atom is -0.393 e. The molecule has 0 amide bonds. The van der Waals surface area contributed by atoms with Gasteiger partial charge in [0, 0.05) is 18.8 Å². The first-order valence-corrected chi connectivity index (χ1v) is 8.72. The van der Waals surface area contributed by atoms with Gasteiger partial charge in [-0.1, -0.05) is 6.07 Å². The quantitative estimate of drug-likeness (QED) is 0.848. The molecule has 0 spiro atoms. The highest BCUT2D eigenvalue weighted by atomic mass is 19.4. The summed E-state index contributed by atoms with van der Waals surface area (Å²) in [6.07, 6.45) is -1.05. The second kappa shape index (κ2) is 7.59. The zero-order valence-electron chi connectivity index (χ0n) is 15.3. The molecular formula is C18H23F3N6. The van der Waals surface area contributed by atoms with Crippen molar-refractivity contribution in [2.24, 2.45) is 0 Å². The summed E-state index contributed by atoms with van der Waals surface area (Å²) in [6.45, 7) is 1.99. The molecular weight excluding hydrogens is 357 g/mol. The molecule has 27 heavy (non-hydrogen) atoms. The lowest BCUT2D eigenvalue weighted by atomic mass is 10.0. The van der Waals surface area contributed by atoms with Gasteiger partial charge in [-0.25, -0.2) is 9.97 Å². The molecule has 0 unspecified atom stereocenters. The Bertz CT molecular complexity index is 787. The Balaban J connectivity index is 1.81. The number of piperidine rings is 1. The lowest BCUT2D eigenvalue weighted by Gasteiger charge is -2.36. The van der Waals surface area contributed by atoms with E-state index in [4.69, 9.17) is 5.73 Å². The monoisotopic (exact) mass is 380 g/mol. The van der Waals surface area contributed by atoms with Crippen molar-refractivity contribution < 1.29 is 13.2 Å². The van der Waals surface area contributed by atoms with E-state index in [1.165, 1.54) is 18.5 Å². The topological polar surface area (TPSA) is 70.3 Å². The van der Waals surface area contributed by atoms with E-state index in [1.807, 2.05) is 11.9 Å². The van der Waals surface area contributed by atoms with Gasteiger partial charge in [-0.15, -0.1) is 0 Å². The smallest absolute Gasteiger partial charge is 0.393 e. The third-order valence-corrected chi connectivity index (χ3v) is 4.89. The van der Waals surface area contributed by atoms with Crippen LogP contribution in [0.4, 0.5) is 36.2 Å². The molecule has 1 aliphatic rings. The molecule has 1 aromatic heterocycles. The second-order valence-corrected chi connectivity index (χ2v) is 6.81. The van der Waals surface area contributed by atoms with Crippen molar-refractivity contribution in [3.8, 4) is 0 Å². The van der Waals surface area contributed by atoms with Gasteiger partial charge < -0.3 is 20.9 Å². The van der Waals surface area contributed by atoms with E-state index in [0.29, 0.717) is 23.4 Å². The first kappa shape index (κ1) is 19.2. The van der Waals surface area contributed by atoms with Crippen molar-refractivity contribution in [1.29, 1.82) is 0 Å². The van der Waals surface area contributed by atoms with Crippen molar-refractivity contribution in [2.75, 3.05) is 43.1 Å². The predicted octanol–water partition coefficient (Wildman–Crippen LogP) is 3.35. The normalized spacial score (nSPS) is 16.3. The number of benzene rings is 1. The van der Waals surface area contributed by atoms with E-state index >= 15 is 0 Å². The summed E-state index contributed by atoms with van der Waals surface area (Å²) in [5, 5.41) is 2.88. The maximum Gasteiger partial charge on any atom is 0.416 e. The zero-order chi connectivity index (χ0) is 19.6. The summed E-state index contributed by atoms with van der Waals surface area (Å²) >= 11 is 0. The highest BCUT2D eigenvalue weighted by Crippen LogP contribution is 2.33. The highest BCUT2D eigenvalue weighted by Gasteiger charge is 2.30. The second-order valence-electron chi connectivity index (χ2n) is 6.81. The maximum absolute atomic E-state index is 12.9. The summed E-state index contributed by atoms with van der Waals surface area (Å²) in [4.78, 5) is 12.7. The molecule has 0 atom stereocenters. The van der Waals surface area contributed by atoms with Crippen LogP contribution in [0.25, 0.3) is 0 Å². The van der Waals surface area contributed by atoms with E-state index in [1.54, 1.807) is 0 Å². The minimum absolute atomic E-state index is 0.267. The van der Waals surface area contributed by atoms with Crippen LogP contribution in [0, 0.1) is 0 Å². The van der Waals surface area contributed by atoms with Gasteiger partial charge in [-0.2, -0.15) is 13.2 Å². The summed E-state index contributed by atoms with van der Waals surface area (Å²) in [6, 6.07) is 5.24. The third kappa shape index (κ3) is 4.41. The molecule has 2 aromatic rings. The number of rotatable bonds is 4. The lowest BCUT2D eigenvalue weighted by Crippen LogP contribution is -2.42. The van der Waals surface area contributed by atoms with Crippen LogP contribution in [-0.4, -0.2) is 48.1 Å². The van der Waals surface area contributed by atoms with Gasteiger partial charge >= 0.3 is 6.18 Å². The van der Waals surface area contributed by atoms with Crippen LogP contribution in [0.3, 0.4) is 0 Å². The number of hydrogen-bond donors (Lipinski definition) is 2. The van der Waals surface area contributed by atoms with Gasteiger partial charge in [-0.05, 0) is 51.2 Å². The molecule has 146 valence electrons. The van der Waals surface area contributed by atoms with Crippen LogP contribution < -0.4 is 16.0 Å². The average Bonchev–Trinajstić information content (AvgIpc) is 2.63. The molecule has 1 aromatic carbocycles. The summed E-state index contributed by atoms with van der Waals surface area (Å²) < 4.78 is 38.7. The molecule has 3 rings (SSSR count). The van der Waals surface area contributed by atoms with Crippen LogP contribution in [0.5, 0.6) is 0 Å². The molecule has 9 heteroatoms. The number of alkyl halides is 3. The van der Waals surface area contributed by atoms with Crippen molar-refractivity contribution in [3.05, 3.63) is 36.2 Å². The summed E-state index contributed by atoms with van der Waals surface area (Å²) in [5.74, 6) is 0.869. The largest absolute Gasteiger partial charge is 0.416 e. The van der Waals surface area contributed by atoms with E-state index in [-0.39, 0.29) is 5.69 Å². The number of nitrogens with zero attached hydrogens (tertiary/aromatic N) is 4. The third-order valence-electron chi connectivity index (χ3n) is 4.89. The first-order chi connectivity index (χ1) is 12.8. The summed E-state index contributed by atoms with van der Waals surface area (Å²) in [7, 11) is 4.02. The molecule has 0 saturated carbocycles. The number of nitrogens with one attached hydrogen (secondary N) is 1. The maximum atomic E-state index is 12.9. The number of hydrogen-bond acceptors (Lipinski definition) is 6. The fourth-order valence-electron chi connectivity index (χ4n) is 3.23. The van der Waals surface area contributed by atoms with Crippen molar-refractivity contribution in [3.63, 3.8) is 0 Å². The number of anilines is 4. The molecule has 6 nitrogen and oxygen atoms in total.